The van der Waals surface area contributed by atoms with Gasteiger partial charge in [0.15, 0.2) is 0 Å². The van der Waals surface area contributed by atoms with E-state index in [9.17, 15) is 14.0 Å². The Morgan fingerprint density at radius 2 is 1.71 bits per heavy atom. The number of amides is 2. The predicted octanol–water partition coefficient (Wildman–Crippen LogP) is 2.50. The summed E-state index contributed by atoms with van der Waals surface area (Å²) in [7, 11) is 0. The number of rotatable bonds is 4. The second-order valence-corrected chi connectivity index (χ2v) is 4.58. The minimum absolute atomic E-state index is 0.0899. The van der Waals surface area contributed by atoms with Crippen LogP contribution in [0.15, 0.2) is 48.5 Å². The van der Waals surface area contributed by atoms with Gasteiger partial charge in [-0.25, -0.2) is 4.39 Å². The number of carbonyl (C=O) groups excluding carboxylic acids is 2. The van der Waals surface area contributed by atoms with E-state index in [-0.39, 0.29) is 18.1 Å². The topological polar surface area (TPSA) is 58.2 Å². The molecule has 0 saturated carbocycles. The third-order valence-corrected chi connectivity index (χ3v) is 2.87. The summed E-state index contributed by atoms with van der Waals surface area (Å²) in [5.74, 6) is -1.35. The van der Waals surface area contributed by atoms with Gasteiger partial charge < -0.3 is 10.6 Å². The molecular weight excluding hydrogens is 271 g/mol. The van der Waals surface area contributed by atoms with E-state index in [2.05, 4.69) is 10.6 Å². The lowest BCUT2D eigenvalue weighted by atomic mass is 10.1. The van der Waals surface area contributed by atoms with Gasteiger partial charge in [0, 0.05) is 5.56 Å². The van der Waals surface area contributed by atoms with Crippen molar-refractivity contribution in [3.63, 3.8) is 0 Å². The predicted molar refractivity (Wildman–Crippen MR) is 78.5 cm³/mol. The molecule has 2 amide bonds. The summed E-state index contributed by atoms with van der Waals surface area (Å²) in [4.78, 5) is 23.5. The molecule has 0 fully saturated rings. The smallest absolute Gasteiger partial charge is 0.251 e. The van der Waals surface area contributed by atoms with Gasteiger partial charge in [-0.05, 0) is 31.2 Å². The highest BCUT2D eigenvalue weighted by atomic mass is 19.1. The summed E-state index contributed by atoms with van der Waals surface area (Å²) in [6, 6.07) is 12.8. The lowest BCUT2D eigenvalue weighted by Crippen LogP contribution is -2.33. The van der Waals surface area contributed by atoms with Crippen molar-refractivity contribution in [1.29, 1.82) is 0 Å². The van der Waals surface area contributed by atoms with Crippen LogP contribution in [0.5, 0.6) is 0 Å². The fourth-order valence-electron chi connectivity index (χ4n) is 1.72. The highest BCUT2D eigenvalue weighted by Gasteiger charge is 2.09. The maximum Gasteiger partial charge on any atom is 0.251 e. The molecule has 0 saturated heterocycles. The highest BCUT2D eigenvalue weighted by Crippen LogP contribution is 2.11. The third kappa shape index (κ3) is 4.14. The number of aryl methyl sites for hydroxylation is 1. The number of halogens is 1. The van der Waals surface area contributed by atoms with Crippen molar-refractivity contribution >= 4 is 17.5 Å². The minimum atomic E-state index is -0.518. The zero-order valence-corrected chi connectivity index (χ0v) is 11.5. The molecule has 21 heavy (non-hydrogen) atoms. The number of anilines is 1. The quantitative estimate of drug-likeness (QED) is 0.907. The molecule has 0 aliphatic rings. The zero-order valence-electron chi connectivity index (χ0n) is 11.5. The molecule has 0 atom stereocenters. The van der Waals surface area contributed by atoms with E-state index in [1.807, 2.05) is 19.1 Å². The van der Waals surface area contributed by atoms with Crippen LogP contribution in [0.3, 0.4) is 0 Å². The summed E-state index contributed by atoms with van der Waals surface area (Å²) >= 11 is 0. The Kier molecular flexibility index (Phi) is 4.66. The van der Waals surface area contributed by atoms with E-state index in [1.54, 1.807) is 18.2 Å². The molecule has 0 heterocycles. The van der Waals surface area contributed by atoms with E-state index in [4.69, 9.17) is 0 Å². The molecular formula is C16H15FN2O2. The molecule has 0 radical (unpaired) electrons. The van der Waals surface area contributed by atoms with Crippen LogP contribution in [0.25, 0.3) is 0 Å². The Balaban J connectivity index is 1.88. The normalized spacial score (nSPS) is 10.0. The number of benzene rings is 2. The van der Waals surface area contributed by atoms with Crippen molar-refractivity contribution < 1.29 is 14.0 Å². The van der Waals surface area contributed by atoms with Crippen LogP contribution in [0, 0.1) is 12.7 Å². The lowest BCUT2D eigenvalue weighted by Gasteiger charge is -2.07. The second kappa shape index (κ2) is 6.65. The van der Waals surface area contributed by atoms with Crippen LogP contribution >= 0.6 is 0 Å². The Bertz CT molecular complexity index is 654. The highest BCUT2D eigenvalue weighted by molar-refractivity contribution is 5.99. The Hall–Kier alpha value is -2.69. The van der Waals surface area contributed by atoms with Crippen LogP contribution in [0.2, 0.25) is 0 Å². The maximum absolute atomic E-state index is 13.3. The average molecular weight is 286 g/mol. The third-order valence-electron chi connectivity index (χ3n) is 2.87. The van der Waals surface area contributed by atoms with Crippen molar-refractivity contribution in [2.24, 2.45) is 0 Å². The molecule has 2 aromatic carbocycles. The summed E-state index contributed by atoms with van der Waals surface area (Å²) in [5.41, 5.74) is 1.61. The molecule has 0 aromatic heterocycles. The van der Waals surface area contributed by atoms with Crippen molar-refractivity contribution in [1.82, 2.24) is 5.32 Å². The number of carbonyl (C=O) groups is 2. The average Bonchev–Trinajstić information content (AvgIpc) is 2.48. The number of nitrogens with one attached hydrogen (secondary N) is 2. The molecule has 5 heteroatoms. The Morgan fingerprint density at radius 3 is 2.38 bits per heavy atom. The molecule has 2 N–H and O–H groups in total. The van der Waals surface area contributed by atoms with E-state index in [1.165, 1.54) is 18.2 Å². The first-order valence-corrected chi connectivity index (χ1v) is 6.45. The van der Waals surface area contributed by atoms with E-state index < -0.39 is 11.7 Å². The van der Waals surface area contributed by atoms with Crippen molar-refractivity contribution in [2.75, 3.05) is 11.9 Å². The van der Waals surface area contributed by atoms with Gasteiger partial charge in [-0.1, -0.05) is 29.8 Å². The van der Waals surface area contributed by atoms with Crippen molar-refractivity contribution in [2.45, 2.75) is 6.92 Å². The largest absolute Gasteiger partial charge is 0.343 e. The summed E-state index contributed by atoms with van der Waals surface area (Å²) in [6.45, 7) is 1.70. The molecule has 2 rings (SSSR count). The first-order chi connectivity index (χ1) is 10.1. The molecule has 0 aliphatic heterocycles. The number of hydrogen-bond acceptors (Lipinski definition) is 2. The van der Waals surface area contributed by atoms with Crippen molar-refractivity contribution in [3.8, 4) is 0 Å². The molecule has 0 bridgehead atoms. The van der Waals surface area contributed by atoms with Crippen LogP contribution in [0.1, 0.15) is 15.9 Å². The Labute approximate surface area is 122 Å². The molecule has 0 spiro atoms. The van der Waals surface area contributed by atoms with Gasteiger partial charge in [0.05, 0.1) is 12.2 Å². The lowest BCUT2D eigenvalue weighted by molar-refractivity contribution is -0.115. The number of para-hydroxylation sites is 1. The number of hydrogen-bond donors (Lipinski definition) is 2. The Morgan fingerprint density at radius 1 is 1.05 bits per heavy atom. The van der Waals surface area contributed by atoms with Gasteiger partial charge in [-0.15, -0.1) is 0 Å². The standard InChI is InChI=1S/C16H15FN2O2/c1-11-6-8-12(9-7-11)16(21)18-10-15(20)19-14-5-3-2-4-13(14)17/h2-9H,10H2,1H3,(H,18,21)(H,19,20). The van der Waals surface area contributed by atoms with Crippen LogP contribution in [-0.2, 0) is 4.79 Å². The van der Waals surface area contributed by atoms with Gasteiger partial charge in [0.25, 0.3) is 5.91 Å². The second-order valence-electron chi connectivity index (χ2n) is 4.58. The van der Waals surface area contributed by atoms with Crippen molar-refractivity contribution in [3.05, 3.63) is 65.5 Å². The van der Waals surface area contributed by atoms with E-state index >= 15 is 0 Å². The van der Waals surface area contributed by atoms with E-state index in [0.717, 1.165) is 5.56 Å². The van der Waals surface area contributed by atoms with E-state index in [0.29, 0.717) is 5.56 Å². The SMILES string of the molecule is Cc1ccc(C(=O)NCC(=O)Nc2ccccc2F)cc1. The van der Waals surface area contributed by atoms with Crippen LogP contribution < -0.4 is 10.6 Å². The monoisotopic (exact) mass is 286 g/mol. The minimum Gasteiger partial charge on any atom is -0.343 e. The molecule has 2 aromatic rings. The molecule has 108 valence electrons. The summed E-state index contributed by atoms with van der Waals surface area (Å²) in [6.07, 6.45) is 0. The van der Waals surface area contributed by atoms with Gasteiger partial charge in [0.1, 0.15) is 5.82 Å². The van der Waals surface area contributed by atoms with Gasteiger partial charge >= 0.3 is 0 Å². The van der Waals surface area contributed by atoms with Crippen LogP contribution in [-0.4, -0.2) is 18.4 Å². The molecule has 0 aliphatic carbocycles. The van der Waals surface area contributed by atoms with Gasteiger partial charge in [0.2, 0.25) is 5.91 Å². The fourth-order valence-corrected chi connectivity index (χ4v) is 1.72. The van der Waals surface area contributed by atoms with Crippen LogP contribution in [0.4, 0.5) is 10.1 Å². The fraction of sp³-hybridized carbons (Fsp3) is 0.125. The molecule has 4 nitrogen and oxygen atoms in total. The summed E-state index contributed by atoms with van der Waals surface area (Å²) in [5, 5.41) is 4.88. The molecule has 0 unspecified atom stereocenters. The maximum atomic E-state index is 13.3. The first kappa shape index (κ1) is 14.7. The zero-order chi connectivity index (χ0) is 15.2. The first-order valence-electron chi connectivity index (χ1n) is 6.45. The van der Waals surface area contributed by atoms with Gasteiger partial charge in [-0.2, -0.15) is 0 Å². The van der Waals surface area contributed by atoms with Gasteiger partial charge in [-0.3, -0.25) is 9.59 Å². The summed E-state index contributed by atoms with van der Waals surface area (Å²) < 4.78 is 13.3.